The lowest BCUT2D eigenvalue weighted by molar-refractivity contribution is 0.521. The fourth-order valence-corrected chi connectivity index (χ4v) is 2.21. The number of fused-ring (bicyclic) bond motifs is 1. The Morgan fingerprint density at radius 3 is 2.69 bits per heavy atom. The molecule has 0 fully saturated rings. The van der Waals surface area contributed by atoms with Gasteiger partial charge in [-0.05, 0) is 17.5 Å². The molecule has 1 nitrogen and oxygen atoms in total. The van der Waals surface area contributed by atoms with Crippen molar-refractivity contribution in [3.05, 3.63) is 29.8 Å². The molecule has 0 saturated carbocycles. The van der Waals surface area contributed by atoms with E-state index in [1.54, 1.807) is 0 Å². The van der Waals surface area contributed by atoms with Crippen LogP contribution in [0.4, 0.5) is 5.69 Å². The van der Waals surface area contributed by atoms with Gasteiger partial charge >= 0.3 is 0 Å². The van der Waals surface area contributed by atoms with Crippen molar-refractivity contribution < 1.29 is 0 Å². The van der Waals surface area contributed by atoms with E-state index in [2.05, 4.69) is 50.1 Å². The fraction of sp³-hybridized carbons (Fsp3) is 0.500. The summed E-state index contributed by atoms with van der Waals surface area (Å²) < 4.78 is 0. The average molecular weight is 175 g/mol. The van der Waals surface area contributed by atoms with Gasteiger partial charge in [0, 0.05) is 25.2 Å². The molecule has 0 amide bonds. The van der Waals surface area contributed by atoms with Crippen molar-refractivity contribution in [2.24, 2.45) is 5.92 Å². The standard InChI is InChI=1S/C12H17N/c1-9(2)11-8-13(3)12-7-5-4-6-10(11)12/h4-7,9,11H,8H2,1-3H3. The normalized spacial score (nSPS) is 20.9. The molecule has 1 aromatic carbocycles. The van der Waals surface area contributed by atoms with E-state index in [1.165, 1.54) is 17.8 Å². The van der Waals surface area contributed by atoms with E-state index in [0.717, 1.165) is 11.8 Å². The van der Waals surface area contributed by atoms with Crippen LogP contribution in [0.25, 0.3) is 0 Å². The molecule has 1 aliphatic heterocycles. The Morgan fingerprint density at radius 2 is 2.00 bits per heavy atom. The lowest BCUT2D eigenvalue weighted by Gasteiger charge is -2.15. The highest BCUT2D eigenvalue weighted by atomic mass is 15.1. The third kappa shape index (κ3) is 1.32. The lowest BCUT2D eigenvalue weighted by Crippen LogP contribution is -2.17. The predicted octanol–water partition coefficient (Wildman–Crippen LogP) is 2.88. The molecule has 1 atom stereocenters. The third-order valence-corrected chi connectivity index (χ3v) is 3.02. The van der Waals surface area contributed by atoms with Crippen LogP contribution < -0.4 is 4.90 Å². The van der Waals surface area contributed by atoms with Gasteiger partial charge in [0.15, 0.2) is 0 Å². The van der Waals surface area contributed by atoms with E-state index < -0.39 is 0 Å². The first-order valence-corrected chi connectivity index (χ1v) is 5.00. The van der Waals surface area contributed by atoms with E-state index in [9.17, 15) is 0 Å². The van der Waals surface area contributed by atoms with E-state index >= 15 is 0 Å². The van der Waals surface area contributed by atoms with Gasteiger partial charge in [-0.2, -0.15) is 0 Å². The van der Waals surface area contributed by atoms with E-state index in [1.807, 2.05) is 0 Å². The lowest BCUT2D eigenvalue weighted by atomic mass is 9.90. The van der Waals surface area contributed by atoms with Crippen molar-refractivity contribution in [1.29, 1.82) is 0 Å². The van der Waals surface area contributed by atoms with Crippen LogP contribution in [0.3, 0.4) is 0 Å². The molecule has 1 heterocycles. The largest absolute Gasteiger partial charge is 0.374 e. The number of rotatable bonds is 1. The molecule has 0 aliphatic carbocycles. The molecular weight excluding hydrogens is 158 g/mol. The van der Waals surface area contributed by atoms with Crippen molar-refractivity contribution in [1.82, 2.24) is 0 Å². The highest BCUT2D eigenvalue weighted by molar-refractivity contribution is 5.59. The summed E-state index contributed by atoms with van der Waals surface area (Å²) in [5.41, 5.74) is 2.95. The van der Waals surface area contributed by atoms with Crippen molar-refractivity contribution in [2.75, 3.05) is 18.5 Å². The van der Waals surface area contributed by atoms with Gasteiger partial charge in [0.2, 0.25) is 0 Å². The van der Waals surface area contributed by atoms with Gasteiger partial charge in [0.25, 0.3) is 0 Å². The van der Waals surface area contributed by atoms with Gasteiger partial charge < -0.3 is 4.90 Å². The van der Waals surface area contributed by atoms with Crippen molar-refractivity contribution in [3.8, 4) is 0 Å². The molecule has 1 heteroatoms. The van der Waals surface area contributed by atoms with Gasteiger partial charge in [-0.15, -0.1) is 0 Å². The highest BCUT2D eigenvalue weighted by Gasteiger charge is 2.27. The van der Waals surface area contributed by atoms with Crippen LogP contribution in [0, 0.1) is 5.92 Å². The number of anilines is 1. The second-order valence-electron chi connectivity index (χ2n) is 4.29. The van der Waals surface area contributed by atoms with E-state index in [-0.39, 0.29) is 0 Å². The Balaban J connectivity index is 2.41. The molecule has 1 aromatic rings. The Hall–Kier alpha value is -0.980. The molecular formula is C12H17N. The maximum atomic E-state index is 2.36. The molecule has 0 spiro atoms. The molecule has 70 valence electrons. The van der Waals surface area contributed by atoms with Gasteiger partial charge in [-0.3, -0.25) is 0 Å². The minimum Gasteiger partial charge on any atom is -0.374 e. The van der Waals surface area contributed by atoms with E-state index in [4.69, 9.17) is 0 Å². The van der Waals surface area contributed by atoms with Gasteiger partial charge in [0.05, 0.1) is 0 Å². The molecule has 1 aliphatic rings. The first-order valence-electron chi connectivity index (χ1n) is 5.00. The van der Waals surface area contributed by atoms with Crippen LogP contribution in [-0.4, -0.2) is 13.6 Å². The molecule has 0 bridgehead atoms. The minimum absolute atomic E-state index is 0.723. The molecule has 0 saturated heterocycles. The quantitative estimate of drug-likeness (QED) is 0.634. The van der Waals surface area contributed by atoms with Crippen LogP contribution in [0.1, 0.15) is 25.3 Å². The summed E-state index contributed by atoms with van der Waals surface area (Å²) in [6.07, 6.45) is 0. The van der Waals surface area contributed by atoms with Gasteiger partial charge in [-0.1, -0.05) is 32.0 Å². The topological polar surface area (TPSA) is 3.24 Å². The van der Waals surface area contributed by atoms with Crippen LogP contribution in [0.15, 0.2) is 24.3 Å². The summed E-state index contributed by atoms with van der Waals surface area (Å²) in [6.45, 7) is 5.79. The molecule has 1 unspecified atom stereocenters. The number of nitrogens with zero attached hydrogens (tertiary/aromatic N) is 1. The third-order valence-electron chi connectivity index (χ3n) is 3.02. The number of hydrogen-bond donors (Lipinski definition) is 0. The Morgan fingerprint density at radius 1 is 1.31 bits per heavy atom. The second-order valence-corrected chi connectivity index (χ2v) is 4.29. The Kier molecular flexibility index (Phi) is 2.03. The molecule has 0 radical (unpaired) electrons. The second kappa shape index (κ2) is 3.06. The Labute approximate surface area is 80.4 Å². The summed E-state index contributed by atoms with van der Waals surface area (Å²) in [5, 5.41) is 0. The zero-order valence-electron chi connectivity index (χ0n) is 8.62. The van der Waals surface area contributed by atoms with Crippen LogP contribution in [0.5, 0.6) is 0 Å². The van der Waals surface area contributed by atoms with Crippen molar-refractivity contribution in [3.63, 3.8) is 0 Å². The van der Waals surface area contributed by atoms with Crippen molar-refractivity contribution in [2.45, 2.75) is 19.8 Å². The van der Waals surface area contributed by atoms with Crippen molar-refractivity contribution >= 4 is 5.69 Å². The SMILES string of the molecule is CC(C)C1CN(C)c2ccccc21. The number of hydrogen-bond acceptors (Lipinski definition) is 1. The van der Waals surface area contributed by atoms with Crippen LogP contribution >= 0.6 is 0 Å². The first-order chi connectivity index (χ1) is 6.20. The Bertz CT molecular complexity index is 304. The smallest absolute Gasteiger partial charge is 0.0399 e. The molecule has 13 heavy (non-hydrogen) atoms. The summed E-state index contributed by atoms with van der Waals surface area (Å²) in [6, 6.07) is 8.76. The zero-order chi connectivity index (χ0) is 9.42. The minimum atomic E-state index is 0.723. The average Bonchev–Trinajstić information content (AvgIpc) is 2.45. The number of para-hydroxylation sites is 1. The fourth-order valence-electron chi connectivity index (χ4n) is 2.21. The van der Waals surface area contributed by atoms with E-state index in [0.29, 0.717) is 0 Å². The molecule has 2 rings (SSSR count). The van der Waals surface area contributed by atoms with Crippen LogP contribution in [-0.2, 0) is 0 Å². The maximum Gasteiger partial charge on any atom is 0.0399 e. The summed E-state index contributed by atoms with van der Waals surface area (Å²) in [7, 11) is 2.18. The highest BCUT2D eigenvalue weighted by Crippen LogP contribution is 2.38. The predicted molar refractivity (Wildman–Crippen MR) is 57.3 cm³/mol. The number of likely N-dealkylation sites (N-methyl/N-ethyl adjacent to an activating group) is 1. The first kappa shape index (κ1) is 8.61. The van der Waals surface area contributed by atoms with Crippen LogP contribution in [0.2, 0.25) is 0 Å². The molecule has 0 N–H and O–H groups in total. The summed E-state index contributed by atoms with van der Waals surface area (Å²) >= 11 is 0. The number of benzene rings is 1. The maximum absolute atomic E-state index is 2.36. The zero-order valence-corrected chi connectivity index (χ0v) is 8.62. The van der Waals surface area contributed by atoms with Gasteiger partial charge in [0.1, 0.15) is 0 Å². The monoisotopic (exact) mass is 175 g/mol. The van der Waals surface area contributed by atoms with Gasteiger partial charge in [-0.25, -0.2) is 0 Å². The summed E-state index contributed by atoms with van der Waals surface area (Å²) in [4.78, 5) is 2.36. The molecule has 0 aromatic heterocycles. The summed E-state index contributed by atoms with van der Waals surface area (Å²) in [5.74, 6) is 1.47.